The van der Waals surface area contributed by atoms with Gasteiger partial charge in [-0.2, -0.15) is 0 Å². The van der Waals surface area contributed by atoms with E-state index in [4.69, 9.17) is 4.74 Å². The summed E-state index contributed by atoms with van der Waals surface area (Å²) in [6.07, 6.45) is 5.21. The quantitative estimate of drug-likeness (QED) is 0.652. The minimum atomic E-state index is -0.639. The van der Waals surface area contributed by atoms with Gasteiger partial charge in [-0.15, -0.1) is 0 Å². The Kier molecular flexibility index (Phi) is 4.11. The molecule has 5 heterocycles. The third kappa shape index (κ3) is 2.78. The van der Waals surface area contributed by atoms with Gasteiger partial charge >= 0.3 is 0 Å². The Hall–Kier alpha value is -3.26. The highest BCUT2D eigenvalue weighted by molar-refractivity contribution is 5.97. The minimum absolute atomic E-state index is 0.0791. The molecule has 2 atom stereocenters. The Morgan fingerprint density at radius 2 is 2.06 bits per heavy atom. The number of fused-ring (bicyclic) bond motifs is 1. The van der Waals surface area contributed by atoms with Gasteiger partial charge in [-0.25, -0.2) is 9.97 Å². The van der Waals surface area contributed by atoms with Crippen molar-refractivity contribution in [2.75, 3.05) is 19.7 Å². The van der Waals surface area contributed by atoms with Crippen LogP contribution in [0.4, 0.5) is 0 Å². The lowest BCUT2D eigenvalue weighted by Crippen LogP contribution is -2.56. The lowest BCUT2D eigenvalue weighted by Gasteiger charge is -2.42. The van der Waals surface area contributed by atoms with Gasteiger partial charge in [0.1, 0.15) is 5.52 Å². The number of nitrogens with zero attached hydrogens (tertiary/aromatic N) is 5. The number of carbonyl (C=O) groups excluding carboxylic acids is 2. The number of pyridine rings is 1. The van der Waals surface area contributed by atoms with Crippen LogP contribution in [0.1, 0.15) is 35.2 Å². The smallest absolute Gasteiger partial charge is 0.255 e. The number of rotatable bonds is 3. The van der Waals surface area contributed by atoms with Crippen LogP contribution in [0.2, 0.25) is 0 Å². The predicted molar refractivity (Wildman–Crippen MR) is 112 cm³/mol. The summed E-state index contributed by atoms with van der Waals surface area (Å²) >= 11 is 0. The molecule has 0 unspecified atom stereocenters. The molecule has 0 bridgehead atoms. The molecule has 1 aromatic carbocycles. The van der Waals surface area contributed by atoms with Gasteiger partial charge in [0.25, 0.3) is 5.91 Å². The Morgan fingerprint density at radius 1 is 1.19 bits per heavy atom. The van der Waals surface area contributed by atoms with E-state index < -0.39 is 5.72 Å². The molecule has 8 nitrogen and oxygen atoms in total. The summed E-state index contributed by atoms with van der Waals surface area (Å²) in [5.41, 5.74) is 2.45. The van der Waals surface area contributed by atoms with Crippen LogP contribution < -0.4 is 0 Å². The molecular weight excluding hydrogens is 394 g/mol. The molecule has 0 N–H and O–H groups in total. The predicted octanol–water partition coefficient (Wildman–Crippen LogP) is 2.04. The second kappa shape index (κ2) is 6.88. The fourth-order valence-corrected chi connectivity index (χ4v) is 5.32. The summed E-state index contributed by atoms with van der Waals surface area (Å²) in [6.45, 7) is 2.59. The van der Waals surface area contributed by atoms with Gasteiger partial charge in [0.05, 0.1) is 37.5 Å². The summed E-state index contributed by atoms with van der Waals surface area (Å²) in [4.78, 5) is 38.6. The van der Waals surface area contributed by atoms with E-state index in [9.17, 15) is 9.59 Å². The Balaban J connectivity index is 1.27. The molecule has 3 fully saturated rings. The number of carbonyl (C=O) groups is 2. The number of likely N-dealkylation sites (tertiary alicyclic amines) is 1. The third-order valence-corrected chi connectivity index (χ3v) is 6.77. The molecule has 31 heavy (non-hydrogen) atoms. The van der Waals surface area contributed by atoms with E-state index in [1.165, 1.54) is 0 Å². The summed E-state index contributed by atoms with van der Waals surface area (Å²) in [7, 11) is 0. The zero-order valence-corrected chi connectivity index (χ0v) is 17.1. The molecular formula is C23H23N5O3. The van der Waals surface area contributed by atoms with Gasteiger partial charge in [-0.1, -0.05) is 30.3 Å². The van der Waals surface area contributed by atoms with Gasteiger partial charge in [0.15, 0.2) is 11.4 Å². The number of benzene rings is 1. The fraction of sp³-hybridized carbons (Fsp3) is 0.391. The molecule has 2 aromatic heterocycles. The van der Waals surface area contributed by atoms with Crippen molar-refractivity contribution < 1.29 is 14.3 Å². The van der Waals surface area contributed by atoms with Crippen molar-refractivity contribution in [2.45, 2.75) is 37.6 Å². The minimum Gasteiger partial charge on any atom is -0.353 e. The number of imidazole rings is 1. The Labute approximate surface area is 179 Å². The standard InChI is InChI=1S/C23H23N5O3/c29-20-12-19-23(28(20)8-4-10-31-23)7-9-27(19)22(30)17-11-18-21(24-13-17)26(15-25-18)14-16-5-2-1-3-6-16/h1-3,5-6,11,13,15,19H,4,7-10,12,14H2/t19-,23+/m1/s1. The molecule has 0 aliphatic carbocycles. The molecule has 3 aliphatic rings. The average molecular weight is 417 g/mol. The number of hydrogen-bond acceptors (Lipinski definition) is 5. The van der Waals surface area contributed by atoms with Gasteiger partial charge in [-0.05, 0) is 18.1 Å². The lowest BCUT2D eigenvalue weighted by atomic mass is 10.0. The number of amides is 2. The van der Waals surface area contributed by atoms with Gasteiger partial charge in [0.2, 0.25) is 5.91 Å². The van der Waals surface area contributed by atoms with E-state index in [0.29, 0.717) is 50.2 Å². The van der Waals surface area contributed by atoms with E-state index >= 15 is 0 Å². The molecule has 1 spiro atoms. The van der Waals surface area contributed by atoms with Crippen LogP contribution in [-0.2, 0) is 16.1 Å². The zero-order chi connectivity index (χ0) is 21.0. The van der Waals surface area contributed by atoms with Crippen molar-refractivity contribution in [1.82, 2.24) is 24.3 Å². The first-order chi connectivity index (χ1) is 15.2. The first kappa shape index (κ1) is 18.5. The molecule has 3 aliphatic heterocycles. The summed E-state index contributed by atoms with van der Waals surface area (Å²) in [5, 5.41) is 0. The first-order valence-electron chi connectivity index (χ1n) is 10.8. The average Bonchev–Trinajstić information content (AvgIpc) is 3.44. The second-order valence-corrected chi connectivity index (χ2v) is 8.49. The normalized spacial score (nSPS) is 25.2. The highest BCUT2D eigenvalue weighted by Crippen LogP contribution is 2.45. The molecule has 8 heteroatoms. The number of hydrogen-bond donors (Lipinski definition) is 0. The lowest BCUT2D eigenvalue weighted by molar-refractivity contribution is -0.179. The Morgan fingerprint density at radius 3 is 2.94 bits per heavy atom. The highest BCUT2D eigenvalue weighted by Gasteiger charge is 2.61. The summed E-state index contributed by atoms with van der Waals surface area (Å²) in [5.74, 6) is -0.0341. The molecule has 0 saturated carbocycles. The maximum Gasteiger partial charge on any atom is 0.255 e. The van der Waals surface area contributed by atoms with Gasteiger partial charge < -0.3 is 19.1 Å². The zero-order valence-electron chi connectivity index (χ0n) is 17.1. The topological polar surface area (TPSA) is 80.6 Å². The van der Waals surface area contributed by atoms with E-state index in [1.807, 2.05) is 27.7 Å². The van der Waals surface area contributed by atoms with Crippen LogP contribution >= 0.6 is 0 Å². The van der Waals surface area contributed by atoms with Gasteiger partial charge in [-0.3, -0.25) is 9.59 Å². The van der Waals surface area contributed by atoms with E-state index in [-0.39, 0.29) is 17.9 Å². The maximum atomic E-state index is 13.4. The second-order valence-electron chi connectivity index (χ2n) is 8.49. The molecule has 6 rings (SSSR count). The van der Waals surface area contributed by atoms with E-state index in [2.05, 4.69) is 22.1 Å². The van der Waals surface area contributed by atoms with Crippen molar-refractivity contribution in [2.24, 2.45) is 0 Å². The van der Waals surface area contributed by atoms with E-state index in [0.717, 1.165) is 17.6 Å². The third-order valence-electron chi connectivity index (χ3n) is 6.77. The van der Waals surface area contributed by atoms with Crippen LogP contribution in [0.5, 0.6) is 0 Å². The summed E-state index contributed by atoms with van der Waals surface area (Å²) in [6, 6.07) is 11.7. The number of aromatic nitrogens is 3. The fourth-order valence-electron chi connectivity index (χ4n) is 5.32. The monoisotopic (exact) mass is 417 g/mol. The highest BCUT2D eigenvalue weighted by atomic mass is 16.5. The molecule has 3 saturated heterocycles. The van der Waals surface area contributed by atoms with Crippen LogP contribution in [0.15, 0.2) is 48.9 Å². The SMILES string of the molecule is O=C(c1cnc2c(c1)ncn2Cc1ccccc1)N1CC[C@@]23OCCCN2C(=O)C[C@@H]13. The van der Waals surface area contributed by atoms with Crippen molar-refractivity contribution in [3.63, 3.8) is 0 Å². The van der Waals surface area contributed by atoms with Crippen molar-refractivity contribution >= 4 is 23.0 Å². The van der Waals surface area contributed by atoms with Crippen molar-refractivity contribution in [3.8, 4) is 0 Å². The van der Waals surface area contributed by atoms with E-state index in [1.54, 1.807) is 23.5 Å². The van der Waals surface area contributed by atoms with Crippen LogP contribution in [0.3, 0.4) is 0 Å². The van der Waals surface area contributed by atoms with Crippen molar-refractivity contribution in [3.05, 3.63) is 60.0 Å². The van der Waals surface area contributed by atoms with Crippen molar-refractivity contribution in [1.29, 1.82) is 0 Å². The largest absolute Gasteiger partial charge is 0.353 e. The van der Waals surface area contributed by atoms with Crippen LogP contribution in [-0.4, -0.2) is 67.6 Å². The molecule has 3 aromatic rings. The summed E-state index contributed by atoms with van der Waals surface area (Å²) < 4.78 is 8.09. The Bertz CT molecular complexity index is 1180. The van der Waals surface area contributed by atoms with Crippen LogP contribution in [0.25, 0.3) is 11.2 Å². The maximum absolute atomic E-state index is 13.4. The first-order valence-corrected chi connectivity index (χ1v) is 10.8. The number of ether oxygens (including phenoxy) is 1. The van der Waals surface area contributed by atoms with Crippen LogP contribution in [0, 0.1) is 0 Å². The molecule has 2 amide bonds. The molecule has 0 radical (unpaired) electrons. The van der Waals surface area contributed by atoms with Gasteiger partial charge in [0, 0.05) is 25.7 Å². The molecule has 158 valence electrons.